The number of aliphatic hydroxyl groups is 1. The van der Waals surface area contributed by atoms with Gasteiger partial charge in [-0.3, -0.25) is 0 Å². The third-order valence-corrected chi connectivity index (χ3v) is 5.33. The van der Waals surface area contributed by atoms with Gasteiger partial charge >= 0.3 is 0 Å². The van der Waals surface area contributed by atoms with E-state index in [4.69, 9.17) is 23.2 Å². The summed E-state index contributed by atoms with van der Waals surface area (Å²) in [7, 11) is 0. The van der Waals surface area contributed by atoms with Crippen LogP contribution in [-0.2, 0) is 6.42 Å². The summed E-state index contributed by atoms with van der Waals surface area (Å²) in [5.41, 5.74) is 0.995. The fourth-order valence-electron chi connectivity index (χ4n) is 3.28. The molecule has 2 rings (SSSR count). The minimum absolute atomic E-state index is 0.290. The summed E-state index contributed by atoms with van der Waals surface area (Å²) in [6.07, 6.45) is 5.10. The van der Waals surface area contributed by atoms with Crippen LogP contribution >= 0.6 is 23.2 Å². The zero-order chi connectivity index (χ0) is 14.7. The van der Waals surface area contributed by atoms with Gasteiger partial charge in [0, 0.05) is 16.5 Å². The number of hydrogen-bond acceptors (Lipinski definition) is 1. The Kier molecular flexibility index (Phi) is 5.77. The number of benzene rings is 1. The van der Waals surface area contributed by atoms with Gasteiger partial charge in [0.25, 0.3) is 0 Å². The fourth-order valence-corrected chi connectivity index (χ4v) is 3.76. The second-order valence-corrected chi connectivity index (χ2v) is 7.27. The van der Waals surface area contributed by atoms with Crippen LogP contribution in [0.1, 0.15) is 45.1 Å². The van der Waals surface area contributed by atoms with E-state index in [-0.39, 0.29) is 6.10 Å². The molecule has 1 unspecified atom stereocenters. The molecule has 0 aliphatic heterocycles. The highest BCUT2D eigenvalue weighted by Gasteiger charge is 2.28. The molecule has 1 saturated carbocycles. The number of aliphatic hydroxyl groups excluding tert-OH is 1. The maximum Gasteiger partial charge on any atom is 0.0609 e. The van der Waals surface area contributed by atoms with Crippen LogP contribution in [0.15, 0.2) is 18.2 Å². The van der Waals surface area contributed by atoms with Gasteiger partial charge in [0.2, 0.25) is 0 Å². The van der Waals surface area contributed by atoms with Crippen LogP contribution in [0, 0.1) is 17.8 Å². The first-order chi connectivity index (χ1) is 9.47. The van der Waals surface area contributed by atoms with Crippen molar-refractivity contribution in [2.75, 3.05) is 0 Å². The van der Waals surface area contributed by atoms with Gasteiger partial charge in [-0.2, -0.15) is 0 Å². The number of rotatable bonds is 4. The van der Waals surface area contributed by atoms with Crippen LogP contribution in [0.4, 0.5) is 0 Å². The predicted molar refractivity (Wildman–Crippen MR) is 86.5 cm³/mol. The van der Waals surface area contributed by atoms with E-state index in [2.05, 4.69) is 13.8 Å². The molecule has 112 valence electrons. The Morgan fingerprint density at radius 3 is 2.25 bits per heavy atom. The van der Waals surface area contributed by atoms with Crippen molar-refractivity contribution in [2.24, 2.45) is 17.8 Å². The van der Waals surface area contributed by atoms with Crippen LogP contribution in [0.3, 0.4) is 0 Å². The Bertz CT molecular complexity index is 437. The summed E-state index contributed by atoms with van der Waals surface area (Å²) < 4.78 is 0. The third kappa shape index (κ3) is 4.13. The number of halogens is 2. The molecule has 0 saturated heterocycles. The van der Waals surface area contributed by atoms with Gasteiger partial charge in [-0.05, 0) is 61.1 Å². The fraction of sp³-hybridized carbons (Fsp3) is 0.647. The molecule has 0 heterocycles. The lowest BCUT2D eigenvalue weighted by Crippen LogP contribution is -2.28. The Hall–Kier alpha value is -0.240. The van der Waals surface area contributed by atoms with Gasteiger partial charge in [0.05, 0.1) is 6.10 Å². The zero-order valence-electron chi connectivity index (χ0n) is 12.3. The van der Waals surface area contributed by atoms with Crippen molar-refractivity contribution in [3.05, 3.63) is 33.8 Å². The van der Waals surface area contributed by atoms with Gasteiger partial charge in [-0.25, -0.2) is 0 Å². The van der Waals surface area contributed by atoms with Crippen LogP contribution in [0.2, 0.25) is 10.0 Å². The van der Waals surface area contributed by atoms with Gasteiger partial charge in [-0.15, -0.1) is 0 Å². The van der Waals surface area contributed by atoms with E-state index in [0.717, 1.165) is 30.2 Å². The average molecular weight is 315 g/mol. The van der Waals surface area contributed by atoms with E-state index in [1.165, 1.54) is 12.8 Å². The highest BCUT2D eigenvalue weighted by molar-refractivity contribution is 6.35. The highest BCUT2D eigenvalue weighted by atomic mass is 35.5. The minimum Gasteiger partial charge on any atom is -0.392 e. The molecule has 1 fully saturated rings. The average Bonchev–Trinajstić information content (AvgIpc) is 2.42. The summed E-state index contributed by atoms with van der Waals surface area (Å²) >= 11 is 12.1. The molecule has 0 radical (unpaired) electrons. The molecule has 0 spiro atoms. The zero-order valence-corrected chi connectivity index (χ0v) is 13.8. The smallest absolute Gasteiger partial charge is 0.0609 e. The third-order valence-electron chi connectivity index (χ3n) is 4.75. The van der Waals surface area contributed by atoms with Crippen LogP contribution < -0.4 is 0 Å². The molecule has 1 N–H and O–H groups in total. The number of hydrogen-bond donors (Lipinski definition) is 1. The standard InChI is InChI=1S/C17H24Cl2O/c1-11(2)12-3-5-13(6-4-12)17(20)9-14-7-8-15(18)10-16(14)19/h7-8,10-13,17,20H,3-6,9H2,1-2H3. The van der Waals surface area contributed by atoms with E-state index in [9.17, 15) is 5.11 Å². The van der Waals surface area contributed by atoms with E-state index in [0.29, 0.717) is 22.4 Å². The molecule has 1 nitrogen and oxygen atoms in total. The SMILES string of the molecule is CC(C)C1CCC(C(O)Cc2ccc(Cl)cc2Cl)CC1. The molecule has 20 heavy (non-hydrogen) atoms. The second-order valence-electron chi connectivity index (χ2n) is 6.43. The van der Waals surface area contributed by atoms with E-state index in [1.807, 2.05) is 12.1 Å². The quantitative estimate of drug-likeness (QED) is 0.793. The van der Waals surface area contributed by atoms with Crippen molar-refractivity contribution in [3.63, 3.8) is 0 Å². The lowest BCUT2D eigenvalue weighted by atomic mass is 9.74. The summed E-state index contributed by atoms with van der Waals surface area (Å²) in [5.74, 6) is 2.01. The van der Waals surface area contributed by atoms with E-state index >= 15 is 0 Å². The Labute approximate surface area is 132 Å². The van der Waals surface area contributed by atoms with Crippen molar-refractivity contribution in [2.45, 2.75) is 52.1 Å². The Balaban J connectivity index is 1.91. The van der Waals surface area contributed by atoms with E-state index < -0.39 is 0 Å². The lowest BCUT2D eigenvalue weighted by molar-refractivity contribution is 0.0675. The Morgan fingerprint density at radius 1 is 1.10 bits per heavy atom. The van der Waals surface area contributed by atoms with Gasteiger partial charge in [0.15, 0.2) is 0 Å². The molecular weight excluding hydrogens is 291 g/mol. The van der Waals surface area contributed by atoms with Gasteiger partial charge < -0.3 is 5.11 Å². The summed E-state index contributed by atoms with van der Waals surface area (Å²) in [6, 6.07) is 5.51. The van der Waals surface area contributed by atoms with Crippen molar-refractivity contribution < 1.29 is 5.11 Å². The van der Waals surface area contributed by atoms with Crippen LogP contribution in [0.5, 0.6) is 0 Å². The highest BCUT2D eigenvalue weighted by Crippen LogP contribution is 2.36. The van der Waals surface area contributed by atoms with Crippen molar-refractivity contribution in [1.82, 2.24) is 0 Å². The first kappa shape index (κ1) is 16.1. The first-order valence-corrected chi connectivity index (χ1v) is 8.35. The van der Waals surface area contributed by atoms with Gasteiger partial charge in [0.1, 0.15) is 0 Å². The first-order valence-electron chi connectivity index (χ1n) is 7.59. The molecule has 0 amide bonds. The predicted octanol–water partition coefficient (Wildman–Crippen LogP) is 5.36. The minimum atomic E-state index is -0.290. The summed E-state index contributed by atoms with van der Waals surface area (Å²) in [4.78, 5) is 0. The monoisotopic (exact) mass is 314 g/mol. The van der Waals surface area contributed by atoms with Crippen molar-refractivity contribution in [1.29, 1.82) is 0 Å². The molecule has 3 heteroatoms. The molecule has 1 aliphatic carbocycles. The molecule has 0 bridgehead atoms. The second kappa shape index (κ2) is 7.15. The normalized spacial score (nSPS) is 24.9. The maximum absolute atomic E-state index is 10.5. The molecule has 0 aromatic heterocycles. The Morgan fingerprint density at radius 2 is 1.70 bits per heavy atom. The molecular formula is C17H24Cl2O. The molecule has 1 aromatic carbocycles. The van der Waals surface area contributed by atoms with Crippen molar-refractivity contribution >= 4 is 23.2 Å². The maximum atomic E-state index is 10.5. The summed E-state index contributed by atoms with van der Waals surface area (Å²) in [5, 5.41) is 11.8. The molecule has 1 atom stereocenters. The van der Waals surface area contributed by atoms with E-state index in [1.54, 1.807) is 6.07 Å². The molecule has 1 aromatic rings. The van der Waals surface area contributed by atoms with Crippen LogP contribution in [0.25, 0.3) is 0 Å². The largest absolute Gasteiger partial charge is 0.392 e. The lowest BCUT2D eigenvalue weighted by Gasteiger charge is -2.33. The summed E-state index contributed by atoms with van der Waals surface area (Å²) in [6.45, 7) is 4.60. The molecule has 1 aliphatic rings. The topological polar surface area (TPSA) is 20.2 Å². The van der Waals surface area contributed by atoms with Crippen LogP contribution in [-0.4, -0.2) is 11.2 Å². The van der Waals surface area contributed by atoms with Crippen molar-refractivity contribution in [3.8, 4) is 0 Å². The van der Waals surface area contributed by atoms with Gasteiger partial charge in [-0.1, -0.05) is 43.1 Å².